The molecular weight excluding hydrogens is 126 g/mol. The van der Waals surface area contributed by atoms with Gasteiger partial charge in [0.1, 0.15) is 0 Å². The Morgan fingerprint density at radius 1 is 1.30 bits per heavy atom. The summed E-state index contributed by atoms with van der Waals surface area (Å²) < 4.78 is 0. The Morgan fingerprint density at radius 2 is 1.90 bits per heavy atom. The van der Waals surface area contributed by atoms with E-state index in [0.717, 1.165) is 12.8 Å². The standard InChI is InChI=1S/C8H15NO/c1-4-7(2)8(3)5-6-9-10/h4-6H2,1-3H3/b8-7+. The lowest BCUT2D eigenvalue weighted by molar-refractivity contribution is 0.905. The van der Waals surface area contributed by atoms with Crippen molar-refractivity contribution in [1.29, 1.82) is 0 Å². The van der Waals surface area contributed by atoms with Gasteiger partial charge in [-0.3, -0.25) is 0 Å². The van der Waals surface area contributed by atoms with Gasteiger partial charge in [-0.2, -0.15) is 4.91 Å². The first-order chi connectivity index (χ1) is 4.72. The maximum absolute atomic E-state index is 9.75. The minimum atomic E-state index is 0.420. The van der Waals surface area contributed by atoms with Crippen molar-refractivity contribution in [2.75, 3.05) is 6.54 Å². The van der Waals surface area contributed by atoms with Crippen LogP contribution in [0, 0.1) is 4.91 Å². The summed E-state index contributed by atoms with van der Waals surface area (Å²) >= 11 is 0. The van der Waals surface area contributed by atoms with Gasteiger partial charge in [-0.25, -0.2) is 0 Å². The highest BCUT2D eigenvalue weighted by atomic mass is 16.3. The molecule has 0 rings (SSSR count). The number of nitroso groups, excluding NO2 is 1. The molecule has 0 aromatic heterocycles. The summed E-state index contributed by atoms with van der Waals surface area (Å²) in [6.07, 6.45) is 1.90. The second-order valence-electron chi connectivity index (χ2n) is 2.52. The summed E-state index contributed by atoms with van der Waals surface area (Å²) in [5.41, 5.74) is 2.69. The van der Waals surface area contributed by atoms with Crippen LogP contribution in [0.3, 0.4) is 0 Å². The molecule has 0 atom stereocenters. The van der Waals surface area contributed by atoms with E-state index in [1.165, 1.54) is 11.1 Å². The Kier molecular flexibility index (Phi) is 4.81. The molecule has 0 aliphatic carbocycles. The molecule has 0 aromatic carbocycles. The first kappa shape index (κ1) is 9.34. The van der Waals surface area contributed by atoms with Gasteiger partial charge in [0, 0.05) is 0 Å². The lowest BCUT2D eigenvalue weighted by atomic mass is 10.1. The lowest BCUT2D eigenvalue weighted by Crippen LogP contribution is -1.86. The highest BCUT2D eigenvalue weighted by molar-refractivity contribution is 5.08. The van der Waals surface area contributed by atoms with Gasteiger partial charge in [0.05, 0.1) is 6.54 Å². The average molecular weight is 141 g/mol. The lowest BCUT2D eigenvalue weighted by Gasteiger charge is -2.01. The fraction of sp³-hybridized carbons (Fsp3) is 0.750. The van der Waals surface area contributed by atoms with Gasteiger partial charge in [-0.15, -0.1) is 0 Å². The summed E-state index contributed by atoms with van der Waals surface area (Å²) in [7, 11) is 0. The molecule has 0 saturated heterocycles. The molecule has 0 heterocycles. The van der Waals surface area contributed by atoms with Crippen LogP contribution in [0.5, 0.6) is 0 Å². The van der Waals surface area contributed by atoms with Gasteiger partial charge >= 0.3 is 0 Å². The van der Waals surface area contributed by atoms with Gasteiger partial charge in [0.25, 0.3) is 0 Å². The van der Waals surface area contributed by atoms with Crippen LogP contribution in [0.25, 0.3) is 0 Å². The summed E-state index contributed by atoms with van der Waals surface area (Å²) in [6, 6.07) is 0. The van der Waals surface area contributed by atoms with Crippen molar-refractivity contribution >= 4 is 0 Å². The molecule has 0 aliphatic rings. The zero-order valence-corrected chi connectivity index (χ0v) is 6.98. The SMILES string of the molecule is CC/C(C)=C(\C)CCN=O. The van der Waals surface area contributed by atoms with Gasteiger partial charge in [-0.05, 0) is 26.7 Å². The van der Waals surface area contributed by atoms with Crippen molar-refractivity contribution in [2.45, 2.75) is 33.6 Å². The number of hydrogen-bond acceptors (Lipinski definition) is 2. The van der Waals surface area contributed by atoms with E-state index in [1.54, 1.807) is 0 Å². The predicted octanol–water partition coefficient (Wildman–Crippen LogP) is 2.89. The molecule has 0 amide bonds. The maximum Gasteiger partial charge on any atom is 0.0848 e. The molecule has 0 aromatic rings. The van der Waals surface area contributed by atoms with E-state index < -0.39 is 0 Å². The van der Waals surface area contributed by atoms with Crippen LogP contribution in [-0.2, 0) is 0 Å². The molecule has 10 heavy (non-hydrogen) atoms. The third kappa shape index (κ3) is 3.38. The highest BCUT2D eigenvalue weighted by Gasteiger charge is 1.93. The van der Waals surface area contributed by atoms with E-state index in [-0.39, 0.29) is 0 Å². The Labute approximate surface area is 62.3 Å². The van der Waals surface area contributed by atoms with E-state index in [4.69, 9.17) is 0 Å². The fourth-order valence-electron chi connectivity index (χ4n) is 0.729. The summed E-state index contributed by atoms with van der Waals surface area (Å²) in [4.78, 5) is 9.75. The van der Waals surface area contributed by atoms with E-state index >= 15 is 0 Å². The van der Waals surface area contributed by atoms with Gasteiger partial charge in [0.15, 0.2) is 0 Å². The first-order valence-corrected chi connectivity index (χ1v) is 3.66. The van der Waals surface area contributed by atoms with E-state index in [9.17, 15) is 4.91 Å². The van der Waals surface area contributed by atoms with E-state index in [1.807, 2.05) is 0 Å². The molecule has 0 radical (unpaired) electrons. The van der Waals surface area contributed by atoms with Crippen molar-refractivity contribution in [2.24, 2.45) is 5.18 Å². The quantitative estimate of drug-likeness (QED) is 0.437. The topological polar surface area (TPSA) is 29.4 Å². The first-order valence-electron chi connectivity index (χ1n) is 3.66. The van der Waals surface area contributed by atoms with Gasteiger partial charge < -0.3 is 0 Å². The second-order valence-corrected chi connectivity index (χ2v) is 2.52. The maximum atomic E-state index is 9.75. The van der Waals surface area contributed by atoms with Crippen molar-refractivity contribution in [3.63, 3.8) is 0 Å². The summed E-state index contributed by atoms with van der Waals surface area (Å²) in [6.45, 7) is 6.69. The molecule has 0 spiro atoms. The average Bonchev–Trinajstić information content (AvgIpc) is 1.98. The van der Waals surface area contributed by atoms with Crippen molar-refractivity contribution < 1.29 is 0 Å². The second kappa shape index (κ2) is 5.15. The van der Waals surface area contributed by atoms with Crippen LogP contribution < -0.4 is 0 Å². The number of rotatable bonds is 4. The molecule has 0 N–H and O–H groups in total. The predicted molar refractivity (Wildman–Crippen MR) is 43.9 cm³/mol. The van der Waals surface area contributed by atoms with Crippen molar-refractivity contribution in [1.82, 2.24) is 0 Å². The minimum absolute atomic E-state index is 0.420. The summed E-state index contributed by atoms with van der Waals surface area (Å²) in [5.74, 6) is 0. The fourth-order valence-corrected chi connectivity index (χ4v) is 0.729. The van der Waals surface area contributed by atoms with Gasteiger partial charge in [0.2, 0.25) is 0 Å². The Morgan fingerprint density at radius 3 is 2.30 bits per heavy atom. The highest BCUT2D eigenvalue weighted by Crippen LogP contribution is 2.10. The third-order valence-corrected chi connectivity index (χ3v) is 1.84. The number of hydrogen-bond donors (Lipinski definition) is 0. The Bertz CT molecular complexity index is 138. The van der Waals surface area contributed by atoms with Crippen LogP contribution in [0.2, 0.25) is 0 Å². The van der Waals surface area contributed by atoms with Crippen molar-refractivity contribution in [3.8, 4) is 0 Å². The van der Waals surface area contributed by atoms with Crippen molar-refractivity contribution in [3.05, 3.63) is 16.1 Å². The molecule has 2 heteroatoms. The molecule has 58 valence electrons. The third-order valence-electron chi connectivity index (χ3n) is 1.84. The van der Waals surface area contributed by atoms with Gasteiger partial charge in [-0.1, -0.05) is 23.2 Å². The van der Waals surface area contributed by atoms with E-state index in [2.05, 4.69) is 25.9 Å². The zero-order chi connectivity index (χ0) is 7.98. The van der Waals surface area contributed by atoms with Crippen LogP contribution in [0.1, 0.15) is 33.6 Å². The Hall–Kier alpha value is -0.660. The zero-order valence-electron chi connectivity index (χ0n) is 6.98. The molecule has 0 unspecified atom stereocenters. The van der Waals surface area contributed by atoms with Crippen LogP contribution in [-0.4, -0.2) is 6.54 Å². The number of nitrogens with zero attached hydrogens (tertiary/aromatic N) is 1. The monoisotopic (exact) mass is 141 g/mol. The molecule has 2 nitrogen and oxygen atoms in total. The normalized spacial score (nSPS) is 12.7. The van der Waals surface area contributed by atoms with Crippen LogP contribution in [0.4, 0.5) is 0 Å². The van der Waals surface area contributed by atoms with E-state index in [0.29, 0.717) is 6.54 Å². The van der Waals surface area contributed by atoms with Crippen LogP contribution >= 0.6 is 0 Å². The largest absolute Gasteiger partial charge is 0.151 e. The molecular formula is C8H15NO. The molecule has 0 aliphatic heterocycles. The smallest absolute Gasteiger partial charge is 0.0848 e. The minimum Gasteiger partial charge on any atom is -0.151 e. The Balaban J connectivity index is 3.79. The van der Waals surface area contributed by atoms with Crippen LogP contribution in [0.15, 0.2) is 16.3 Å². The molecule has 0 bridgehead atoms. The molecule has 0 saturated carbocycles. The molecule has 0 fully saturated rings. The summed E-state index contributed by atoms with van der Waals surface area (Å²) in [5, 5.41) is 2.81. The number of allylic oxidation sites excluding steroid dienone is 1.